The summed E-state index contributed by atoms with van der Waals surface area (Å²) in [6, 6.07) is 9.99. The van der Waals surface area contributed by atoms with E-state index < -0.39 is 0 Å². The maximum Gasteiger partial charge on any atom is 0.225 e. The van der Waals surface area contributed by atoms with Gasteiger partial charge in [0.1, 0.15) is 5.75 Å². The summed E-state index contributed by atoms with van der Waals surface area (Å²) in [6.07, 6.45) is 7.85. The lowest BCUT2D eigenvalue weighted by Gasteiger charge is -2.36. The number of benzene rings is 1. The van der Waals surface area contributed by atoms with E-state index in [-0.39, 0.29) is 11.8 Å². The first-order valence-corrected chi connectivity index (χ1v) is 11.8. The molecule has 30 heavy (non-hydrogen) atoms. The van der Waals surface area contributed by atoms with E-state index in [0.717, 1.165) is 57.6 Å². The lowest BCUT2D eigenvalue weighted by Crippen LogP contribution is -2.41. The topological polar surface area (TPSA) is 49.9 Å². The number of para-hydroxylation sites is 1. The van der Waals surface area contributed by atoms with Crippen LogP contribution in [-0.4, -0.2) is 54.4 Å². The van der Waals surface area contributed by atoms with Gasteiger partial charge in [-0.05, 0) is 49.7 Å². The molecule has 5 nitrogen and oxygen atoms in total. The minimum Gasteiger partial charge on any atom is -0.493 e. The number of hydrogen-bond donors (Lipinski definition) is 0. The van der Waals surface area contributed by atoms with Crippen LogP contribution in [0.25, 0.3) is 0 Å². The van der Waals surface area contributed by atoms with Crippen molar-refractivity contribution in [2.75, 3.05) is 32.8 Å². The van der Waals surface area contributed by atoms with Crippen molar-refractivity contribution in [2.45, 2.75) is 51.9 Å². The summed E-state index contributed by atoms with van der Waals surface area (Å²) >= 11 is 0. The largest absolute Gasteiger partial charge is 0.493 e. The molecule has 0 bridgehead atoms. The molecule has 3 aliphatic rings. The first-order valence-electron chi connectivity index (χ1n) is 11.8. The lowest BCUT2D eigenvalue weighted by atomic mass is 9.78. The van der Waals surface area contributed by atoms with Crippen molar-refractivity contribution in [2.24, 2.45) is 23.7 Å². The standard InChI is InChI=1S/C25H36N2O3/c1-19(28)26-14-12-20(13-15-26)24-17-27(25(29)21-8-4-2-5-9-21)16-22(24)18-30-23-10-6-3-7-11-23/h3,6-7,10-11,20-22,24H,2,4-5,8-9,12-18H2,1H3/t22-,24-/m0/s1. The number of piperidine rings is 1. The minimum atomic E-state index is 0.179. The predicted molar refractivity (Wildman–Crippen MR) is 117 cm³/mol. The fourth-order valence-corrected chi connectivity index (χ4v) is 5.76. The van der Waals surface area contributed by atoms with E-state index in [1.807, 2.05) is 35.2 Å². The van der Waals surface area contributed by atoms with Gasteiger partial charge in [-0.2, -0.15) is 0 Å². The van der Waals surface area contributed by atoms with Crippen molar-refractivity contribution in [1.82, 2.24) is 9.80 Å². The smallest absolute Gasteiger partial charge is 0.225 e. The van der Waals surface area contributed by atoms with Crippen molar-refractivity contribution >= 4 is 11.8 Å². The van der Waals surface area contributed by atoms with Gasteiger partial charge in [-0.15, -0.1) is 0 Å². The van der Waals surface area contributed by atoms with Crippen LogP contribution in [0, 0.1) is 23.7 Å². The molecular weight excluding hydrogens is 376 g/mol. The molecule has 0 aromatic heterocycles. The van der Waals surface area contributed by atoms with E-state index in [1.54, 1.807) is 6.92 Å². The Bertz CT molecular complexity index is 708. The summed E-state index contributed by atoms with van der Waals surface area (Å²) < 4.78 is 6.14. The summed E-state index contributed by atoms with van der Waals surface area (Å²) in [5.74, 6) is 3.09. The van der Waals surface area contributed by atoms with Gasteiger partial charge in [0.2, 0.25) is 11.8 Å². The second kappa shape index (κ2) is 9.84. The molecule has 3 fully saturated rings. The van der Waals surface area contributed by atoms with Gasteiger partial charge in [-0.1, -0.05) is 37.5 Å². The summed E-state index contributed by atoms with van der Waals surface area (Å²) in [5, 5.41) is 0. The van der Waals surface area contributed by atoms with Gasteiger partial charge in [0.05, 0.1) is 6.61 Å². The average molecular weight is 413 g/mol. The number of ether oxygens (including phenoxy) is 1. The molecule has 1 aromatic carbocycles. The maximum absolute atomic E-state index is 13.2. The Labute approximate surface area is 180 Å². The number of carbonyl (C=O) groups is 2. The van der Waals surface area contributed by atoms with Crippen molar-refractivity contribution < 1.29 is 14.3 Å². The normalized spacial score (nSPS) is 26.0. The number of amides is 2. The Hall–Kier alpha value is -2.04. The molecule has 164 valence electrons. The first-order chi connectivity index (χ1) is 14.6. The van der Waals surface area contributed by atoms with Gasteiger partial charge in [-0.25, -0.2) is 0 Å². The summed E-state index contributed by atoms with van der Waals surface area (Å²) in [7, 11) is 0. The van der Waals surface area contributed by atoms with Crippen LogP contribution in [0.3, 0.4) is 0 Å². The minimum absolute atomic E-state index is 0.179. The zero-order chi connectivity index (χ0) is 20.9. The zero-order valence-electron chi connectivity index (χ0n) is 18.3. The molecule has 2 amide bonds. The van der Waals surface area contributed by atoms with Gasteiger partial charge < -0.3 is 14.5 Å². The third kappa shape index (κ3) is 4.98. The quantitative estimate of drug-likeness (QED) is 0.735. The highest BCUT2D eigenvalue weighted by molar-refractivity contribution is 5.79. The van der Waals surface area contributed by atoms with Crippen LogP contribution in [0.15, 0.2) is 30.3 Å². The molecular formula is C25H36N2O3. The van der Waals surface area contributed by atoms with Gasteiger partial charge >= 0.3 is 0 Å². The maximum atomic E-state index is 13.2. The van der Waals surface area contributed by atoms with Crippen LogP contribution < -0.4 is 4.74 Å². The number of hydrogen-bond acceptors (Lipinski definition) is 3. The zero-order valence-corrected chi connectivity index (χ0v) is 18.3. The third-order valence-electron chi connectivity index (χ3n) is 7.56. The molecule has 5 heteroatoms. The number of carbonyl (C=O) groups excluding carboxylic acids is 2. The lowest BCUT2D eigenvalue weighted by molar-refractivity contribution is -0.135. The first kappa shape index (κ1) is 21.2. The molecule has 0 spiro atoms. The number of rotatable bonds is 5. The molecule has 1 aliphatic carbocycles. The summed E-state index contributed by atoms with van der Waals surface area (Å²) in [4.78, 5) is 29.1. The van der Waals surface area contributed by atoms with Crippen LogP contribution in [0.5, 0.6) is 5.75 Å². The molecule has 4 rings (SSSR count). The molecule has 2 saturated heterocycles. The van der Waals surface area contributed by atoms with Gasteiger partial charge in [0.25, 0.3) is 0 Å². The van der Waals surface area contributed by atoms with Crippen LogP contribution in [0.4, 0.5) is 0 Å². The molecule has 2 atom stereocenters. The van der Waals surface area contributed by atoms with Crippen LogP contribution in [0.2, 0.25) is 0 Å². The van der Waals surface area contributed by atoms with E-state index in [1.165, 1.54) is 19.3 Å². The van der Waals surface area contributed by atoms with Crippen molar-refractivity contribution in [1.29, 1.82) is 0 Å². The summed E-state index contributed by atoms with van der Waals surface area (Å²) in [6.45, 7) is 5.70. The second-order valence-electron chi connectivity index (χ2n) is 9.47. The fourth-order valence-electron chi connectivity index (χ4n) is 5.76. The van der Waals surface area contributed by atoms with Crippen molar-refractivity contribution in [3.63, 3.8) is 0 Å². The predicted octanol–water partition coefficient (Wildman–Crippen LogP) is 3.98. The Morgan fingerprint density at radius 3 is 2.30 bits per heavy atom. The molecule has 0 unspecified atom stereocenters. The highest BCUT2D eigenvalue weighted by Gasteiger charge is 2.42. The van der Waals surface area contributed by atoms with E-state index in [2.05, 4.69) is 4.90 Å². The third-order valence-corrected chi connectivity index (χ3v) is 7.56. The van der Waals surface area contributed by atoms with E-state index >= 15 is 0 Å². The van der Waals surface area contributed by atoms with Crippen LogP contribution in [-0.2, 0) is 9.59 Å². The van der Waals surface area contributed by atoms with Crippen molar-refractivity contribution in [3.05, 3.63) is 30.3 Å². The molecule has 2 heterocycles. The monoisotopic (exact) mass is 412 g/mol. The van der Waals surface area contributed by atoms with Crippen LogP contribution >= 0.6 is 0 Å². The molecule has 1 aromatic rings. The second-order valence-corrected chi connectivity index (χ2v) is 9.47. The van der Waals surface area contributed by atoms with Gasteiger partial charge in [0.15, 0.2) is 0 Å². The fraction of sp³-hybridized carbons (Fsp3) is 0.680. The molecule has 0 radical (unpaired) electrons. The SMILES string of the molecule is CC(=O)N1CCC([C@@H]2CN(C(=O)C3CCCCC3)C[C@H]2COc2ccccc2)CC1. The molecule has 1 saturated carbocycles. The highest BCUT2D eigenvalue weighted by atomic mass is 16.5. The Morgan fingerprint density at radius 2 is 1.63 bits per heavy atom. The molecule has 2 aliphatic heterocycles. The van der Waals surface area contributed by atoms with Gasteiger partial charge in [0, 0.05) is 44.9 Å². The number of nitrogens with zero attached hydrogens (tertiary/aromatic N) is 2. The molecule has 0 N–H and O–H groups in total. The van der Waals surface area contributed by atoms with E-state index in [9.17, 15) is 9.59 Å². The average Bonchev–Trinajstić information content (AvgIpc) is 3.23. The summed E-state index contributed by atoms with van der Waals surface area (Å²) in [5.41, 5.74) is 0. The Balaban J connectivity index is 1.42. The van der Waals surface area contributed by atoms with Gasteiger partial charge in [-0.3, -0.25) is 9.59 Å². The van der Waals surface area contributed by atoms with E-state index in [4.69, 9.17) is 4.74 Å². The highest BCUT2D eigenvalue weighted by Crippen LogP contribution is 2.38. The van der Waals surface area contributed by atoms with Crippen LogP contribution in [0.1, 0.15) is 51.9 Å². The Kier molecular flexibility index (Phi) is 6.96. The van der Waals surface area contributed by atoms with E-state index in [0.29, 0.717) is 30.3 Å². The number of likely N-dealkylation sites (tertiary alicyclic amines) is 2. The Morgan fingerprint density at radius 1 is 0.933 bits per heavy atom. The van der Waals surface area contributed by atoms with Crippen molar-refractivity contribution in [3.8, 4) is 5.75 Å².